The van der Waals surface area contributed by atoms with Crippen LogP contribution in [-0.4, -0.2) is 46.7 Å². The zero-order valence-corrected chi connectivity index (χ0v) is 17.1. The molecule has 2 amide bonds. The number of nitrogens with two attached hydrogens (primary N) is 1. The van der Waals surface area contributed by atoms with Gasteiger partial charge in [-0.15, -0.1) is 0 Å². The van der Waals surface area contributed by atoms with E-state index in [1.54, 1.807) is 30.3 Å². The molecule has 0 spiro atoms. The Labute approximate surface area is 176 Å². The minimum Gasteiger partial charge on any atom is -0.480 e. The van der Waals surface area contributed by atoms with E-state index in [-0.39, 0.29) is 19.4 Å². The van der Waals surface area contributed by atoms with Gasteiger partial charge in [0.05, 0.1) is 12.6 Å². The maximum Gasteiger partial charge on any atom is 0.417 e. The Morgan fingerprint density at radius 2 is 1.50 bits per heavy atom. The molecule has 2 rings (SSSR count). The quantitative estimate of drug-likeness (QED) is 0.581. The highest BCUT2D eigenvalue weighted by molar-refractivity contribution is 5.99. The van der Waals surface area contributed by atoms with E-state index in [0.717, 1.165) is 12.0 Å². The summed E-state index contributed by atoms with van der Waals surface area (Å²) in [7, 11) is 0. The van der Waals surface area contributed by atoms with Gasteiger partial charge in [0, 0.05) is 6.42 Å². The van der Waals surface area contributed by atoms with Crippen LogP contribution in [0.4, 0.5) is 4.79 Å². The monoisotopic (exact) mass is 412 g/mol. The molecular weight excluding hydrogens is 384 g/mol. The zero-order chi connectivity index (χ0) is 21.9. The maximum atomic E-state index is 13.1. The molecule has 2 unspecified atom stereocenters. The minimum atomic E-state index is -1.42. The number of aliphatic carboxylic acids is 1. The van der Waals surface area contributed by atoms with Crippen molar-refractivity contribution in [2.75, 3.05) is 6.61 Å². The molecule has 2 atom stereocenters. The van der Waals surface area contributed by atoms with Crippen molar-refractivity contribution in [1.29, 1.82) is 0 Å². The van der Waals surface area contributed by atoms with Gasteiger partial charge in [-0.3, -0.25) is 4.79 Å². The highest BCUT2D eigenvalue weighted by Crippen LogP contribution is 2.15. The second-order valence-corrected chi connectivity index (χ2v) is 7.02. The third kappa shape index (κ3) is 6.70. The predicted octanol–water partition coefficient (Wildman–Crippen LogP) is 3.02. The van der Waals surface area contributed by atoms with Crippen LogP contribution in [0.25, 0.3) is 0 Å². The second kappa shape index (κ2) is 11.7. The highest BCUT2D eigenvalue weighted by atomic mass is 16.6. The standard InChI is InChI=1S/C23H28N2O5/c1-2-3-14-30-23(29)25(20(22(27)28)16-18-12-8-5-9-13-18)21(26)19(24)15-17-10-6-4-7-11-17/h4-13,19-20H,2-3,14-16,24H2,1H3,(H,27,28). The van der Waals surface area contributed by atoms with Crippen LogP contribution in [0.15, 0.2) is 60.7 Å². The first kappa shape index (κ1) is 23.1. The molecule has 2 aromatic carbocycles. The van der Waals surface area contributed by atoms with E-state index >= 15 is 0 Å². The Bertz CT molecular complexity index is 826. The molecule has 3 N–H and O–H groups in total. The number of imide groups is 1. The number of amides is 2. The summed E-state index contributed by atoms with van der Waals surface area (Å²) < 4.78 is 5.18. The van der Waals surface area contributed by atoms with Crippen molar-refractivity contribution in [3.05, 3.63) is 71.8 Å². The van der Waals surface area contributed by atoms with E-state index in [9.17, 15) is 19.5 Å². The smallest absolute Gasteiger partial charge is 0.417 e. The molecule has 7 heteroatoms. The Balaban J connectivity index is 2.27. The SMILES string of the molecule is CCCCOC(=O)N(C(=O)C(N)Cc1ccccc1)C(Cc1ccccc1)C(=O)O. The van der Waals surface area contributed by atoms with Crippen molar-refractivity contribution in [1.82, 2.24) is 4.90 Å². The van der Waals surface area contributed by atoms with Crippen LogP contribution in [-0.2, 0) is 27.2 Å². The summed E-state index contributed by atoms with van der Waals surface area (Å²) in [4.78, 5) is 38.5. The van der Waals surface area contributed by atoms with Gasteiger partial charge < -0.3 is 15.6 Å². The van der Waals surface area contributed by atoms with Crippen molar-refractivity contribution in [2.45, 2.75) is 44.7 Å². The number of ether oxygens (including phenoxy) is 1. The number of hydrogen-bond acceptors (Lipinski definition) is 5. The van der Waals surface area contributed by atoms with Crippen LogP contribution in [0.5, 0.6) is 0 Å². The van der Waals surface area contributed by atoms with Crippen molar-refractivity contribution in [2.24, 2.45) is 5.73 Å². The number of carbonyl (C=O) groups is 3. The lowest BCUT2D eigenvalue weighted by Crippen LogP contribution is -2.55. The molecule has 2 aromatic rings. The van der Waals surface area contributed by atoms with Gasteiger partial charge in [-0.25, -0.2) is 14.5 Å². The fourth-order valence-electron chi connectivity index (χ4n) is 3.00. The van der Waals surface area contributed by atoms with Gasteiger partial charge in [-0.1, -0.05) is 74.0 Å². The van der Waals surface area contributed by atoms with E-state index in [1.807, 2.05) is 37.3 Å². The van der Waals surface area contributed by atoms with Crippen molar-refractivity contribution in [3.63, 3.8) is 0 Å². The summed E-state index contributed by atoms with van der Waals surface area (Å²) in [5.41, 5.74) is 7.58. The van der Waals surface area contributed by atoms with E-state index in [1.165, 1.54) is 0 Å². The van der Waals surface area contributed by atoms with Gasteiger partial charge in [0.1, 0.15) is 6.04 Å². The first-order valence-corrected chi connectivity index (χ1v) is 10.00. The molecule has 0 bridgehead atoms. The molecular formula is C23H28N2O5. The fraction of sp³-hybridized carbons (Fsp3) is 0.348. The van der Waals surface area contributed by atoms with E-state index < -0.39 is 30.1 Å². The minimum absolute atomic E-state index is 0.0388. The Morgan fingerprint density at radius 3 is 2.00 bits per heavy atom. The first-order chi connectivity index (χ1) is 14.4. The zero-order valence-electron chi connectivity index (χ0n) is 17.1. The molecule has 0 heterocycles. The van der Waals surface area contributed by atoms with Crippen LogP contribution in [0, 0.1) is 0 Å². The average molecular weight is 412 g/mol. The van der Waals surface area contributed by atoms with Gasteiger partial charge in [-0.2, -0.15) is 0 Å². The largest absolute Gasteiger partial charge is 0.480 e. The molecule has 0 aliphatic heterocycles. The normalized spacial score (nSPS) is 12.6. The number of unbranched alkanes of at least 4 members (excludes halogenated alkanes) is 1. The summed E-state index contributed by atoms with van der Waals surface area (Å²) in [6.45, 7) is 2.03. The van der Waals surface area contributed by atoms with Gasteiger partial charge in [-0.05, 0) is 24.0 Å². The molecule has 30 heavy (non-hydrogen) atoms. The van der Waals surface area contributed by atoms with Crippen LogP contribution in [0.2, 0.25) is 0 Å². The summed E-state index contributed by atoms with van der Waals surface area (Å²) in [6.07, 6.45) is 0.556. The van der Waals surface area contributed by atoms with E-state index in [4.69, 9.17) is 10.5 Å². The lowest BCUT2D eigenvalue weighted by Gasteiger charge is -2.29. The van der Waals surface area contributed by atoms with Crippen LogP contribution in [0.1, 0.15) is 30.9 Å². The van der Waals surface area contributed by atoms with Gasteiger partial charge >= 0.3 is 12.1 Å². The van der Waals surface area contributed by atoms with Crippen molar-refractivity contribution >= 4 is 18.0 Å². The van der Waals surface area contributed by atoms with Crippen LogP contribution < -0.4 is 5.73 Å². The number of carboxylic acid groups (broad SMARTS) is 1. The number of hydrogen-bond donors (Lipinski definition) is 2. The molecule has 0 aliphatic carbocycles. The van der Waals surface area contributed by atoms with E-state index in [0.29, 0.717) is 16.9 Å². The molecule has 160 valence electrons. The third-order valence-corrected chi connectivity index (χ3v) is 4.64. The third-order valence-electron chi connectivity index (χ3n) is 4.64. The number of benzene rings is 2. The molecule has 0 saturated carbocycles. The second-order valence-electron chi connectivity index (χ2n) is 7.02. The molecule has 0 fully saturated rings. The fourth-order valence-corrected chi connectivity index (χ4v) is 3.00. The first-order valence-electron chi connectivity index (χ1n) is 10.00. The van der Waals surface area contributed by atoms with Crippen molar-refractivity contribution < 1.29 is 24.2 Å². The molecule has 0 radical (unpaired) electrons. The average Bonchev–Trinajstić information content (AvgIpc) is 2.74. The summed E-state index contributed by atoms with van der Waals surface area (Å²) in [5.74, 6) is -2.07. The summed E-state index contributed by atoms with van der Waals surface area (Å²) in [5, 5.41) is 9.80. The lowest BCUT2D eigenvalue weighted by molar-refractivity contribution is -0.149. The highest BCUT2D eigenvalue weighted by Gasteiger charge is 2.38. The maximum absolute atomic E-state index is 13.1. The number of nitrogens with zero attached hydrogens (tertiary/aromatic N) is 1. The molecule has 0 aliphatic rings. The van der Waals surface area contributed by atoms with Crippen LogP contribution in [0.3, 0.4) is 0 Å². The Morgan fingerprint density at radius 1 is 0.967 bits per heavy atom. The Hall–Kier alpha value is -3.19. The molecule has 0 aromatic heterocycles. The number of carboxylic acids is 1. The number of carbonyl (C=O) groups excluding carboxylic acids is 2. The topological polar surface area (TPSA) is 110 Å². The summed E-state index contributed by atoms with van der Waals surface area (Å²) in [6, 6.07) is 15.4. The molecule has 0 saturated heterocycles. The molecule has 7 nitrogen and oxygen atoms in total. The Kier molecular flexibility index (Phi) is 9.03. The van der Waals surface area contributed by atoms with Crippen LogP contribution >= 0.6 is 0 Å². The lowest BCUT2D eigenvalue weighted by atomic mass is 10.0. The number of rotatable bonds is 10. The van der Waals surface area contributed by atoms with Gasteiger partial charge in [0.15, 0.2) is 0 Å². The van der Waals surface area contributed by atoms with Crippen molar-refractivity contribution in [3.8, 4) is 0 Å². The van der Waals surface area contributed by atoms with E-state index in [2.05, 4.69) is 0 Å². The van der Waals surface area contributed by atoms with Gasteiger partial charge in [0.2, 0.25) is 5.91 Å². The predicted molar refractivity (Wildman–Crippen MR) is 113 cm³/mol. The van der Waals surface area contributed by atoms with Gasteiger partial charge in [0.25, 0.3) is 0 Å². The summed E-state index contributed by atoms with van der Waals surface area (Å²) >= 11 is 0.